The largest absolute Gasteiger partial charge is 0.491 e. The molecule has 0 aliphatic carbocycles. The van der Waals surface area contributed by atoms with Crippen LogP contribution in [-0.4, -0.2) is 27.3 Å². The molecule has 0 aliphatic rings. The first kappa shape index (κ1) is 25.9. The van der Waals surface area contributed by atoms with Crippen LogP contribution >= 0.6 is 11.3 Å². The lowest BCUT2D eigenvalue weighted by Gasteiger charge is -2.25. The summed E-state index contributed by atoms with van der Waals surface area (Å²) in [6, 6.07) is 16.7. The number of fused-ring (bicyclic) bond motifs is 1. The number of aromatic nitrogens is 2. The van der Waals surface area contributed by atoms with Crippen molar-refractivity contribution in [3.8, 4) is 0 Å². The summed E-state index contributed by atoms with van der Waals surface area (Å²) in [5.74, 6) is -2.02. The lowest BCUT2D eigenvalue weighted by atomic mass is 10.2. The standard InChI is InChI=1S/C25H20F3N3O5S/c1-29-22-18(14-19(37-22)23(34)36-15-16-8-4-2-5-9-16)21(33)30(24(29)35)13-12-20(32)31(25(26,27)28)17-10-6-3-7-11-17/h2-11,14H,12-13,15H2,1H3. The Kier molecular flexibility index (Phi) is 7.30. The number of nitrogens with zero attached hydrogens (tertiary/aromatic N) is 3. The number of aryl methyl sites for hydroxylation is 1. The number of rotatable bonds is 7. The van der Waals surface area contributed by atoms with Crippen molar-refractivity contribution in [1.82, 2.24) is 9.13 Å². The molecule has 0 fully saturated rings. The Morgan fingerprint density at radius 3 is 2.24 bits per heavy atom. The third-order valence-corrected chi connectivity index (χ3v) is 6.68. The molecule has 8 nitrogen and oxygen atoms in total. The molecule has 12 heteroatoms. The molecule has 0 saturated heterocycles. The van der Waals surface area contributed by atoms with Crippen molar-refractivity contribution in [3.63, 3.8) is 0 Å². The molecule has 0 unspecified atom stereocenters. The lowest BCUT2D eigenvalue weighted by Crippen LogP contribution is -2.45. The topological polar surface area (TPSA) is 90.6 Å². The van der Waals surface area contributed by atoms with Crippen LogP contribution in [0.4, 0.5) is 18.9 Å². The molecular formula is C25H20F3N3O5S. The first-order valence-electron chi connectivity index (χ1n) is 11.0. The van der Waals surface area contributed by atoms with Crippen LogP contribution in [0.2, 0.25) is 0 Å². The monoisotopic (exact) mass is 531 g/mol. The molecule has 2 aromatic heterocycles. The summed E-state index contributed by atoms with van der Waals surface area (Å²) in [6.07, 6.45) is -5.76. The third-order valence-electron chi connectivity index (χ3n) is 5.49. The van der Waals surface area contributed by atoms with Gasteiger partial charge in [0.25, 0.3) is 5.56 Å². The van der Waals surface area contributed by atoms with E-state index in [0.717, 1.165) is 33.6 Å². The van der Waals surface area contributed by atoms with E-state index in [1.54, 1.807) is 24.3 Å². The Bertz CT molecular complexity index is 1560. The number of hydrogen-bond donors (Lipinski definition) is 0. The van der Waals surface area contributed by atoms with Gasteiger partial charge in [-0.25, -0.2) is 14.5 Å². The number of para-hydroxylation sites is 1. The Morgan fingerprint density at radius 1 is 1.00 bits per heavy atom. The molecular weight excluding hydrogens is 511 g/mol. The van der Waals surface area contributed by atoms with Gasteiger partial charge in [-0.2, -0.15) is 0 Å². The second-order valence-electron chi connectivity index (χ2n) is 7.97. The Hall–Kier alpha value is -4.19. The molecule has 4 rings (SSSR count). The second kappa shape index (κ2) is 10.4. The van der Waals surface area contributed by atoms with E-state index in [1.807, 2.05) is 6.07 Å². The summed E-state index contributed by atoms with van der Waals surface area (Å²) in [5.41, 5.74) is -1.26. The molecule has 1 amide bonds. The molecule has 0 spiro atoms. The zero-order valence-corrected chi connectivity index (χ0v) is 20.2. The fourth-order valence-corrected chi connectivity index (χ4v) is 4.70. The van der Waals surface area contributed by atoms with E-state index in [9.17, 15) is 32.3 Å². The number of alkyl halides is 3. The average Bonchev–Trinajstić information content (AvgIpc) is 3.33. The smallest absolute Gasteiger partial charge is 0.457 e. The molecule has 2 heterocycles. The highest BCUT2D eigenvalue weighted by atomic mass is 32.1. The first-order chi connectivity index (χ1) is 17.6. The lowest BCUT2D eigenvalue weighted by molar-refractivity contribution is -0.150. The molecule has 0 atom stereocenters. The molecule has 0 saturated carbocycles. The van der Waals surface area contributed by atoms with Crippen molar-refractivity contribution in [2.75, 3.05) is 4.90 Å². The molecule has 2 aromatic carbocycles. The molecule has 192 valence electrons. The molecule has 37 heavy (non-hydrogen) atoms. The number of carbonyl (C=O) groups is 2. The fraction of sp³-hybridized carbons (Fsp3) is 0.200. The van der Waals surface area contributed by atoms with Crippen LogP contribution in [0.1, 0.15) is 21.7 Å². The number of hydrogen-bond acceptors (Lipinski definition) is 6. The number of ether oxygens (including phenoxy) is 1. The number of esters is 1. The van der Waals surface area contributed by atoms with Crippen molar-refractivity contribution in [2.45, 2.75) is 25.9 Å². The van der Waals surface area contributed by atoms with Gasteiger partial charge in [0, 0.05) is 20.0 Å². The highest BCUT2D eigenvalue weighted by Crippen LogP contribution is 2.29. The minimum Gasteiger partial charge on any atom is -0.457 e. The maximum absolute atomic E-state index is 13.6. The van der Waals surface area contributed by atoms with E-state index < -0.39 is 42.4 Å². The molecule has 0 bridgehead atoms. The van der Waals surface area contributed by atoms with Crippen molar-refractivity contribution >= 4 is 39.1 Å². The van der Waals surface area contributed by atoms with Gasteiger partial charge in [0.1, 0.15) is 16.3 Å². The molecule has 4 aromatic rings. The minimum absolute atomic E-state index is 0.0102. The van der Waals surface area contributed by atoms with E-state index in [-0.39, 0.29) is 32.3 Å². The van der Waals surface area contributed by atoms with Crippen LogP contribution in [-0.2, 0) is 29.7 Å². The number of thiophene rings is 1. The zero-order chi connectivity index (χ0) is 26.7. The van der Waals surface area contributed by atoms with Crippen LogP contribution in [0.25, 0.3) is 10.2 Å². The van der Waals surface area contributed by atoms with Gasteiger partial charge in [-0.1, -0.05) is 48.5 Å². The normalized spacial score (nSPS) is 11.5. The third kappa shape index (κ3) is 5.48. The quantitative estimate of drug-likeness (QED) is 0.265. The summed E-state index contributed by atoms with van der Waals surface area (Å²) < 4.78 is 47.9. The van der Waals surface area contributed by atoms with E-state index in [4.69, 9.17) is 4.74 Å². The fourth-order valence-electron chi connectivity index (χ4n) is 3.70. The summed E-state index contributed by atoms with van der Waals surface area (Å²) in [4.78, 5) is 50.9. The number of carbonyl (C=O) groups excluding carboxylic acids is 2. The van der Waals surface area contributed by atoms with Gasteiger partial charge in [0.05, 0.1) is 11.1 Å². The van der Waals surface area contributed by atoms with Crippen LogP contribution in [0.5, 0.6) is 0 Å². The van der Waals surface area contributed by atoms with E-state index in [0.29, 0.717) is 4.57 Å². The molecule has 0 aliphatic heterocycles. The van der Waals surface area contributed by atoms with Gasteiger partial charge in [-0.15, -0.1) is 24.5 Å². The van der Waals surface area contributed by atoms with Crippen molar-refractivity contribution in [2.24, 2.45) is 7.05 Å². The predicted octanol–water partition coefficient (Wildman–Crippen LogP) is 4.06. The Labute approximate surface area is 211 Å². The highest BCUT2D eigenvalue weighted by molar-refractivity contribution is 7.20. The number of anilines is 1. The van der Waals surface area contributed by atoms with Crippen LogP contribution in [0, 0.1) is 0 Å². The minimum atomic E-state index is -5.00. The van der Waals surface area contributed by atoms with Crippen molar-refractivity contribution in [3.05, 3.63) is 98.0 Å². The summed E-state index contributed by atoms with van der Waals surface area (Å²) >= 11 is 0.885. The Morgan fingerprint density at radius 2 is 1.62 bits per heavy atom. The zero-order valence-electron chi connectivity index (χ0n) is 19.4. The maximum atomic E-state index is 13.6. The van der Waals surface area contributed by atoms with Crippen LogP contribution in [0.3, 0.4) is 0 Å². The predicted molar refractivity (Wildman–Crippen MR) is 131 cm³/mol. The number of amides is 1. The maximum Gasteiger partial charge on any atom is 0.491 e. The average molecular weight is 532 g/mol. The molecule has 0 N–H and O–H groups in total. The Balaban J connectivity index is 1.58. The second-order valence-corrected chi connectivity index (χ2v) is 9.00. The highest BCUT2D eigenvalue weighted by Gasteiger charge is 2.41. The van der Waals surface area contributed by atoms with Crippen molar-refractivity contribution < 1.29 is 27.5 Å². The van der Waals surface area contributed by atoms with Crippen LogP contribution < -0.4 is 16.1 Å². The number of halogens is 3. The van der Waals surface area contributed by atoms with Gasteiger partial charge in [0.15, 0.2) is 0 Å². The van der Waals surface area contributed by atoms with Gasteiger partial charge >= 0.3 is 18.0 Å². The first-order valence-corrected chi connectivity index (χ1v) is 11.8. The van der Waals surface area contributed by atoms with Crippen molar-refractivity contribution in [1.29, 1.82) is 0 Å². The summed E-state index contributed by atoms with van der Waals surface area (Å²) in [5, 5.41) is 0.0157. The van der Waals surface area contributed by atoms with Crippen LogP contribution in [0.15, 0.2) is 76.3 Å². The summed E-state index contributed by atoms with van der Waals surface area (Å²) in [7, 11) is 1.37. The number of benzene rings is 2. The summed E-state index contributed by atoms with van der Waals surface area (Å²) in [6.45, 7) is -0.570. The molecule has 0 radical (unpaired) electrons. The SMILES string of the molecule is Cn1c(=O)n(CCC(=O)N(c2ccccc2)C(F)(F)F)c(=O)c2cc(C(=O)OCc3ccccc3)sc21. The van der Waals surface area contributed by atoms with Gasteiger partial charge in [-0.05, 0) is 23.8 Å². The van der Waals surface area contributed by atoms with Gasteiger partial charge < -0.3 is 4.74 Å². The van der Waals surface area contributed by atoms with Gasteiger partial charge in [0.2, 0.25) is 5.91 Å². The van der Waals surface area contributed by atoms with Gasteiger partial charge in [-0.3, -0.25) is 18.7 Å². The van der Waals surface area contributed by atoms with E-state index >= 15 is 0 Å². The van der Waals surface area contributed by atoms with E-state index in [2.05, 4.69) is 0 Å². The van der Waals surface area contributed by atoms with E-state index in [1.165, 1.54) is 31.3 Å².